The van der Waals surface area contributed by atoms with E-state index in [4.69, 9.17) is 5.73 Å². The molecule has 16 heavy (non-hydrogen) atoms. The number of aryl methyl sites for hydroxylation is 1. The first kappa shape index (κ1) is 12.7. The largest absolute Gasteiger partial charge is 0.352 e. The summed E-state index contributed by atoms with van der Waals surface area (Å²) >= 11 is 0. The van der Waals surface area contributed by atoms with E-state index in [1.165, 1.54) is 0 Å². The Labute approximate surface area is 96.0 Å². The molecule has 1 amide bonds. The molecule has 0 spiro atoms. The van der Waals surface area contributed by atoms with Gasteiger partial charge in [-0.15, -0.1) is 0 Å². The normalized spacial score (nSPS) is 12.5. The molecule has 0 saturated heterocycles. The Bertz CT molecular complexity index is 357. The Balaban J connectivity index is 2.34. The van der Waals surface area contributed by atoms with Gasteiger partial charge in [-0.1, -0.05) is 0 Å². The third-order valence-corrected chi connectivity index (χ3v) is 2.64. The molecule has 90 valence electrons. The molecule has 0 saturated carbocycles. The highest BCUT2D eigenvalue weighted by Crippen LogP contribution is 2.04. The van der Waals surface area contributed by atoms with Crippen LogP contribution >= 0.6 is 0 Å². The van der Waals surface area contributed by atoms with E-state index in [1.807, 2.05) is 20.9 Å². The summed E-state index contributed by atoms with van der Waals surface area (Å²) in [5.41, 5.74) is 7.71. The lowest BCUT2D eigenvalue weighted by atomic mass is 10.2. The molecule has 0 radical (unpaired) electrons. The molecule has 1 heterocycles. The molecular weight excluding hydrogens is 204 g/mol. The van der Waals surface area contributed by atoms with Crippen LogP contribution in [-0.4, -0.2) is 21.7 Å². The van der Waals surface area contributed by atoms with Crippen LogP contribution in [0.2, 0.25) is 0 Å². The average Bonchev–Trinajstić information content (AvgIpc) is 2.54. The summed E-state index contributed by atoms with van der Waals surface area (Å²) < 4.78 is 1.80. The molecule has 0 fully saturated rings. The van der Waals surface area contributed by atoms with Gasteiger partial charge in [-0.3, -0.25) is 9.48 Å². The molecule has 5 nitrogen and oxygen atoms in total. The van der Waals surface area contributed by atoms with Gasteiger partial charge in [-0.05, 0) is 20.3 Å². The summed E-state index contributed by atoms with van der Waals surface area (Å²) in [6.45, 7) is 4.42. The lowest BCUT2D eigenvalue weighted by Gasteiger charge is -2.06. The molecule has 1 aromatic rings. The molecule has 1 aromatic heterocycles. The van der Waals surface area contributed by atoms with Crippen LogP contribution in [0.5, 0.6) is 0 Å². The van der Waals surface area contributed by atoms with E-state index in [1.54, 1.807) is 10.9 Å². The molecule has 1 atom stereocenters. The Morgan fingerprint density at radius 1 is 1.69 bits per heavy atom. The van der Waals surface area contributed by atoms with E-state index in [-0.39, 0.29) is 11.9 Å². The number of carbonyl (C=O) groups excluding carboxylic acids is 1. The average molecular weight is 224 g/mol. The highest BCUT2D eigenvalue weighted by molar-refractivity contribution is 5.75. The van der Waals surface area contributed by atoms with Gasteiger partial charge in [0.15, 0.2) is 0 Å². The second-order valence-electron chi connectivity index (χ2n) is 4.17. The molecule has 5 heteroatoms. The van der Waals surface area contributed by atoms with Crippen LogP contribution in [0.25, 0.3) is 0 Å². The fraction of sp³-hybridized carbons (Fsp3) is 0.636. The maximum absolute atomic E-state index is 11.4. The maximum atomic E-state index is 11.4. The van der Waals surface area contributed by atoms with Crippen molar-refractivity contribution in [2.45, 2.75) is 39.3 Å². The van der Waals surface area contributed by atoms with Gasteiger partial charge >= 0.3 is 0 Å². The zero-order chi connectivity index (χ0) is 12.1. The van der Waals surface area contributed by atoms with E-state index in [0.717, 1.165) is 17.7 Å². The third-order valence-electron chi connectivity index (χ3n) is 2.64. The highest BCUT2D eigenvalue weighted by Gasteiger charge is 2.06. The van der Waals surface area contributed by atoms with Crippen molar-refractivity contribution in [2.24, 2.45) is 12.8 Å². The monoisotopic (exact) mass is 224 g/mol. The predicted molar refractivity (Wildman–Crippen MR) is 62.7 cm³/mol. The molecule has 0 bridgehead atoms. The van der Waals surface area contributed by atoms with Gasteiger partial charge in [0.05, 0.1) is 6.20 Å². The van der Waals surface area contributed by atoms with Crippen LogP contribution < -0.4 is 11.1 Å². The van der Waals surface area contributed by atoms with Crippen LogP contribution in [0.4, 0.5) is 0 Å². The van der Waals surface area contributed by atoms with Gasteiger partial charge in [0.25, 0.3) is 0 Å². The molecule has 1 rings (SSSR count). The van der Waals surface area contributed by atoms with E-state index in [9.17, 15) is 4.79 Å². The number of nitrogens with two attached hydrogens (primary N) is 1. The van der Waals surface area contributed by atoms with Crippen molar-refractivity contribution < 1.29 is 4.79 Å². The highest BCUT2D eigenvalue weighted by atomic mass is 16.1. The zero-order valence-electron chi connectivity index (χ0n) is 10.2. The van der Waals surface area contributed by atoms with Crippen molar-refractivity contribution in [1.29, 1.82) is 0 Å². The number of nitrogens with one attached hydrogen (secondary N) is 1. The summed E-state index contributed by atoms with van der Waals surface area (Å²) in [7, 11) is 1.89. The SMILES string of the molecule is Cc1c(CNC(=O)CCC(C)N)cnn1C. The number of carbonyl (C=O) groups is 1. The maximum Gasteiger partial charge on any atom is 0.220 e. The van der Waals surface area contributed by atoms with Crippen molar-refractivity contribution in [3.63, 3.8) is 0 Å². The van der Waals surface area contributed by atoms with Crippen LogP contribution in [0.15, 0.2) is 6.20 Å². The van der Waals surface area contributed by atoms with Crippen LogP contribution in [0.1, 0.15) is 31.0 Å². The van der Waals surface area contributed by atoms with Crippen molar-refractivity contribution in [3.8, 4) is 0 Å². The first-order chi connectivity index (χ1) is 7.50. The third kappa shape index (κ3) is 3.66. The molecule has 3 N–H and O–H groups in total. The van der Waals surface area contributed by atoms with E-state index in [0.29, 0.717) is 13.0 Å². The summed E-state index contributed by atoms with van der Waals surface area (Å²) in [5.74, 6) is 0.0422. The molecular formula is C11H20N4O. The van der Waals surface area contributed by atoms with Crippen LogP contribution in [0, 0.1) is 6.92 Å². The van der Waals surface area contributed by atoms with Crippen molar-refractivity contribution in [2.75, 3.05) is 0 Å². The number of hydrogen-bond acceptors (Lipinski definition) is 3. The Morgan fingerprint density at radius 3 is 2.88 bits per heavy atom. The van der Waals surface area contributed by atoms with Gasteiger partial charge in [0.2, 0.25) is 5.91 Å². The second-order valence-corrected chi connectivity index (χ2v) is 4.17. The van der Waals surface area contributed by atoms with Gasteiger partial charge in [0, 0.05) is 37.3 Å². The minimum atomic E-state index is 0.0422. The minimum absolute atomic E-state index is 0.0422. The fourth-order valence-electron chi connectivity index (χ4n) is 1.36. The summed E-state index contributed by atoms with van der Waals surface area (Å²) in [6.07, 6.45) is 2.98. The van der Waals surface area contributed by atoms with Crippen molar-refractivity contribution >= 4 is 5.91 Å². The number of nitrogens with zero attached hydrogens (tertiary/aromatic N) is 2. The first-order valence-corrected chi connectivity index (χ1v) is 5.50. The summed E-state index contributed by atoms with van der Waals surface area (Å²) in [5, 5.41) is 6.97. The fourth-order valence-corrected chi connectivity index (χ4v) is 1.36. The van der Waals surface area contributed by atoms with E-state index in [2.05, 4.69) is 10.4 Å². The van der Waals surface area contributed by atoms with Gasteiger partial charge in [-0.2, -0.15) is 5.10 Å². The Morgan fingerprint density at radius 2 is 2.38 bits per heavy atom. The Kier molecular flexibility index (Phi) is 4.49. The smallest absolute Gasteiger partial charge is 0.220 e. The zero-order valence-corrected chi connectivity index (χ0v) is 10.2. The van der Waals surface area contributed by atoms with E-state index < -0.39 is 0 Å². The molecule has 0 aliphatic carbocycles. The topological polar surface area (TPSA) is 72.9 Å². The van der Waals surface area contributed by atoms with Gasteiger partial charge < -0.3 is 11.1 Å². The first-order valence-electron chi connectivity index (χ1n) is 5.50. The quantitative estimate of drug-likeness (QED) is 0.763. The summed E-state index contributed by atoms with van der Waals surface area (Å²) in [6, 6.07) is 0.0749. The Hall–Kier alpha value is -1.36. The van der Waals surface area contributed by atoms with E-state index >= 15 is 0 Å². The predicted octanol–water partition coefficient (Wildman–Crippen LogP) is 0.472. The minimum Gasteiger partial charge on any atom is -0.352 e. The van der Waals surface area contributed by atoms with Crippen molar-refractivity contribution in [3.05, 3.63) is 17.5 Å². The van der Waals surface area contributed by atoms with Crippen LogP contribution in [-0.2, 0) is 18.4 Å². The van der Waals surface area contributed by atoms with Gasteiger partial charge in [0.1, 0.15) is 0 Å². The molecule has 0 aliphatic heterocycles. The standard InChI is InChI=1S/C11H20N4O/c1-8(12)4-5-11(16)13-6-10-7-14-15(3)9(10)2/h7-8H,4-6,12H2,1-3H3,(H,13,16). The molecule has 1 unspecified atom stereocenters. The molecule has 0 aliphatic rings. The van der Waals surface area contributed by atoms with Crippen LogP contribution in [0.3, 0.4) is 0 Å². The van der Waals surface area contributed by atoms with Gasteiger partial charge in [-0.25, -0.2) is 0 Å². The lowest BCUT2D eigenvalue weighted by molar-refractivity contribution is -0.121. The number of amides is 1. The van der Waals surface area contributed by atoms with Crippen molar-refractivity contribution in [1.82, 2.24) is 15.1 Å². The lowest BCUT2D eigenvalue weighted by Crippen LogP contribution is -2.25. The number of rotatable bonds is 5. The number of aromatic nitrogens is 2. The number of hydrogen-bond donors (Lipinski definition) is 2. The second kappa shape index (κ2) is 5.65. The summed E-state index contributed by atoms with van der Waals surface area (Å²) in [4.78, 5) is 11.4. The molecule has 0 aromatic carbocycles.